The van der Waals surface area contributed by atoms with Crippen molar-refractivity contribution in [2.75, 3.05) is 10.8 Å². The van der Waals surface area contributed by atoms with E-state index < -0.39 is 46.1 Å². The summed E-state index contributed by atoms with van der Waals surface area (Å²) >= 11 is 6.04. The largest absolute Gasteiger partial charge is 0.352 e. The van der Waals surface area contributed by atoms with Crippen LogP contribution in [0.1, 0.15) is 31.4 Å². The van der Waals surface area contributed by atoms with Crippen LogP contribution in [0.5, 0.6) is 0 Å². The first kappa shape index (κ1) is 33.6. The molecule has 2 atom stereocenters. The summed E-state index contributed by atoms with van der Waals surface area (Å²) in [4.78, 5) is 29.4. The molecular formula is C34H34ClF2N3O4S. The first-order valence-electron chi connectivity index (χ1n) is 14.4. The van der Waals surface area contributed by atoms with E-state index in [1.165, 1.54) is 47.4 Å². The van der Waals surface area contributed by atoms with E-state index in [0.29, 0.717) is 12.0 Å². The number of nitrogens with zero attached hydrogens (tertiary/aromatic N) is 2. The van der Waals surface area contributed by atoms with Crippen molar-refractivity contribution in [3.8, 4) is 0 Å². The highest BCUT2D eigenvalue weighted by atomic mass is 35.5. The van der Waals surface area contributed by atoms with E-state index in [0.717, 1.165) is 22.0 Å². The summed E-state index contributed by atoms with van der Waals surface area (Å²) in [5, 5.41) is 2.62. The standard InChI is InChI=1S/C34H34ClF2N3O4S/c1-3-24(2)38-34(42)32(20-25-10-6-4-7-11-25)39(22-26-14-16-27(36)17-15-26)33(41)23-40(28-18-19-31(37)30(35)21-28)45(43,44)29-12-8-5-9-13-29/h4-19,21,24,32H,3,20,22-23H2,1-2H3,(H,38,42)/t24-,32-/m0/s1. The average Bonchev–Trinajstić information content (AvgIpc) is 3.04. The molecule has 0 saturated heterocycles. The number of nitrogens with one attached hydrogen (secondary N) is 1. The Morgan fingerprint density at radius 3 is 2.09 bits per heavy atom. The molecule has 4 aromatic carbocycles. The maximum Gasteiger partial charge on any atom is 0.264 e. The Kier molecular flexibility index (Phi) is 11.3. The number of hydrogen-bond donors (Lipinski definition) is 1. The number of carbonyl (C=O) groups is 2. The van der Waals surface area contributed by atoms with E-state index in [-0.39, 0.29) is 34.6 Å². The van der Waals surface area contributed by atoms with Gasteiger partial charge in [0.15, 0.2) is 0 Å². The Bertz CT molecular complexity index is 1710. The Labute approximate surface area is 267 Å². The van der Waals surface area contributed by atoms with Gasteiger partial charge in [0.2, 0.25) is 11.8 Å². The topological polar surface area (TPSA) is 86.8 Å². The Hall–Kier alpha value is -4.28. The third-order valence-electron chi connectivity index (χ3n) is 7.34. The highest BCUT2D eigenvalue weighted by molar-refractivity contribution is 7.92. The quantitative estimate of drug-likeness (QED) is 0.182. The molecule has 0 aromatic heterocycles. The number of anilines is 1. The number of halogens is 3. The van der Waals surface area contributed by atoms with Gasteiger partial charge in [-0.15, -0.1) is 0 Å². The van der Waals surface area contributed by atoms with Crippen molar-refractivity contribution in [2.45, 2.75) is 50.2 Å². The minimum atomic E-state index is -4.36. The fourth-order valence-electron chi connectivity index (χ4n) is 4.67. The number of sulfonamides is 1. The van der Waals surface area contributed by atoms with Crippen LogP contribution < -0.4 is 9.62 Å². The summed E-state index contributed by atoms with van der Waals surface area (Å²) in [5.74, 6) is -2.36. The minimum Gasteiger partial charge on any atom is -0.352 e. The van der Waals surface area contributed by atoms with Crippen LogP contribution >= 0.6 is 11.6 Å². The van der Waals surface area contributed by atoms with Crippen molar-refractivity contribution >= 4 is 39.1 Å². The predicted octanol–water partition coefficient (Wildman–Crippen LogP) is 6.37. The van der Waals surface area contributed by atoms with Crippen molar-refractivity contribution < 1.29 is 26.8 Å². The molecule has 0 aliphatic rings. The van der Waals surface area contributed by atoms with Gasteiger partial charge in [0, 0.05) is 19.0 Å². The summed E-state index contributed by atoms with van der Waals surface area (Å²) in [5.41, 5.74) is 1.27. The molecule has 4 rings (SSSR count). The van der Waals surface area contributed by atoms with Crippen LogP contribution in [-0.2, 0) is 32.6 Å². The molecule has 2 amide bonds. The van der Waals surface area contributed by atoms with Crippen LogP contribution in [0.3, 0.4) is 0 Å². The molecule has 45 heavy (non-hydrogen) atoms. The molecule has 0 bridgehead atoms. The highest BCUT2D eigenvalue weighted by Crippen LogP contribution is 2.28. The van der Waals surface area contributed by atoms with Gasteiger partial charge in [-0.05, 0) is 66.9 Å². The van der Waals surface area contributed by atoms with Gasteiger partial charge in [0.05, 0.1) is 15.6 Å². The fraction of sp³-hybridized carbons (Fsp3) is 0.235. The molecule has 0 heterocycles. The molecule has 0 unspecified atom stereocenters. The Balaban J connectivity index is 1.81. The smallest absolute Gasteiger partial charge is 0.264 e. The summed E-state index contributed by atoms with van der Waals surface area (Å²) in [7, 11) is -4.36. The monoisotopic (exact) mass is 653 g/mol. The van der Waals surface area contributed by atoms with Gasteiger partial charge in [0.1, 0.15) is 24.2 Å². The second kappa shape index (κ2) is 15.1. The van der Waals surface area contributed by atoms with E-state index in [1.54, 1.807) is 18.2 Å². The van der Waals surface area contributed by atoms with Gasteiger partial charge >= 0.3 is 0 Å². The zero-order valence-electron chi connectivity index (χ0n) is 24.9. The van der Waals surface area contributed by atoms with Crippen LogP contribution in [0.2, 0.25) is 5.02 Å². The summed E-state index contributed by atoms with van der Waals surface area (Å²) in [6.07, 6.45) is 0.772. The SMILES string of the molecule is CC[C@H](C)NC(=O)[C@H](Cc1ccccc1)N(Cc1ccc(F)cc1)C(=O)CN(c1ccc(F)c(Cl)c1)S(=O)(=O)c1ccccc1. The van der Waals surface area contributed by atoms with Gasteiger partial charge < -0.3 is 10.2 Å². The molecule has 1 N–H and O–H groups in total. The van der Waals surface area contributed by atoms with Crippen molar-refractivity contribution in [3.63, 3.8) is 0 Å². The normalized spacial score (nSPS) is 12.6. The number of carbonyl (C=O) groups excluding carboxylic acids is 2. The van der Waals surface area contributed by atoms with E-state index in [9.17, 15) is 26.8 Å². The molecule has 11 heteroatoms. The first-order valence-corrected chi connectivity index (χ1v) is 16.2. The molecule has 0 radical (unpaired) electrons. The van der Waals surface area contributed by atoms with Gasteiger partial charge in [0.25, 0.3) is 10.0 Å². The lowest BCUT2D eigenvalue weighted by atomic mass is 10.0. The molecule has 0 saturated carbocycles. The lowest BCUT2D eigenvalue weighted by molar-refractivity contribution is -0.140. The first-order chi connectivity index (χ1) is 21.5. The van der Waals surface area contributed by atoms with E-state index in [4.69, 9.17) is 11.6 Å². The van der Waals surface area contributed by atoms with Crippen LogP contribution in [-0.4, -0.2) is 43.8 Å². The molecule has 4 aromatic rings. The second-order valence-corrected chi connectivity index (χ2v) is 12.9. The molecule has 7 nitrogen and oxygen atoms in total. The number of hydrogen-bond acceptors (Lipinski definition) is 4. The zero-order valence-corrected chi connectivity index (χ0v) is 26.4. The van der Waals surface area contributed by atoms with E-state index >= 15 is 0 Å². The van der Waals surface area contributed by atoms with Crippen LogP contribution in [0, 0.1) is 11.6 Å². The Morgan fingerprint density at radius 2 is 1.49 bits per heavy atom. The van der Waals surface area contributed by atoms with E-state index in [1.807, 2.05) is 44.2 Å². The fourth-order valence-corrected chi connectivity index (χ4v) is 6.27. The zero-order chi connectivity index (χ0) is 32.6. The second-order valence-electron chi connectivity index (χ2n) is 10.6. The maximum atomic E-state index is 14.4. The number of rotatable bonds is 13. The van der Waals surface area contributed by atoms with Crippen molar-refractivity contribution in [1.29, 1.82) is 0 Å². The summed E-state index contributed by atoms with van der Waals surface area (Å²) in [6.45, 7) is 2.91. The number of amides is 2. The molecule has 0 spiro atoms. The third-order valence-corrected chi connectivity index (χ3v) is 9.42. The molecule has 0 aliphatic heterocycles. The molecule has 0 aliphatic carbocycles. The van der Waals surface area contributed by atoms with Gasteiger partial charge in [-0.2, -0.15) is 0 Å². The van der Waals surface area contributed by atoms with Crippen molar-refractivity contribution in [1.82, 2.24) is 10.2 Å². The van der Waals surface area contributed by atoms with Crippen molar-refractivity contribution in [2.24, 2.45) is 0 Å². The predicted molar refractivity (Wildman–Crippen MR) is 171 cm³/mol. The van der Waals surface area contributed by atoms with Gasteiger partial charge in [-0.3, -0.25) is 13.9 Å². The third kappa shape index (κ3) is 8.67. The van der Waals surface area contributed by atoms with Crippen molar-refractivity contribution in [3.05, 3.63) is 131 Å². The summed E-state index contributed by atoms with van der Waals surface area (Å²) < 4.78 is 56.7. The molecule has 236 valence electrons. The highest BCUT2D eigenvalue weighted by Gasteiger charge is 2.35. The lowest BCUT2D eigenvalue weighted by Gasteiger charge is -2.34. The maximum absolute atomic E-state index is 14.4. The molecular weight excluding hydrogens is 620 g/mol. The van der Waals surface area contributed by atoms with Crippen LogP contribution in [0.15, 0.2) is 108 Å². The minimum absolute atomic E-state index is 0.0380. The van der Waals surface area contributed by atoms with Gasteiger partial charge in [-0.25, -0.2) is 17.2 Å². The lowest BCUT2D eigenvalue weighted by Crippen LogP contribution is -2.54. The average molecular weight is 654 g/mol. The molecule has 0 fully saturated rings. The van der Waals surface area contributed by atoms with Crippen LogP contribution in [0.25, 0.3) is 0 Å². The van der Waals surface area contributed by atoms with Crippen LogP contribution in [0.4, 0.5) is 14.5 Å². The Morgan fingerprint density at radius 1 is 0.867 bits per heavy atom. The summed E-state index contributed by atoms with van der Waals surface area (Å²) in [6, 6.07) is 24.2. The number of benzene rings is 4. The van der Waals surface area contributed by atoms with E-state index in [2.05, 4.69) is 5.32 Å². The van der Waals surface area contributed by atoms with Gasteiger partial charge in [-0.1, -0.05) is 79.2 Å².